The number of anilines is 1. The zero-order chi connectivity index (χ0) is 14.6. The summed E-state index contributed by atoms with van der Waals surface area (Å²) in [4.78, 5) is 11.5. The molecule has 0 saturated heterocycles. The normalized spacial score (nSPS) is 12.2. The van der Waals surface area contributed by atoms with Crippen LogP contribution in [0.25, 0.3) is 0 Å². The molecule has 4 N–H and O–H groups in total. The fourth-order valence-electron chi connectivity index (χ4n) is 1.26. The quantitative estimate of drug-likeness (QED) is 0.322. The molecule has 1 aromatic carbocycles. The molecule has 0 heterocycles. The van der Waals surface area contributed by atoms with Gasteiger partial charge in [0.05, 0.1) is 10.7 Å². The summed E-state index contributed by atoms with van der Waals surface area (Å²) in [5, 5.41) is 13.9. The van der Waals surface area contributed by atoms with Crippen molar-refractivity contribution in [2.24, 2.45) is 10.9 Å². The van der Waals surface area contributed by atoms with E-state index in [2.05, 4.69) is 10.5 Å². The number of carbonyl (C=O) groups is 1. The number of oxime groups is 1. The van der Waals surface area contributed by atoms with Crippen molar-refractivity contribution in [3.63, 3.8) is 0 Å². The van der Waals surface area contributed by atoms with E-state index in [0.29, 0.717) is 5.56 Å². The molecule has 0 spiro atoms. The second kappa shape index (κ2) is 5.89. The lowest BCUT2D eigenvalue weighted by Gasteiger charge is -2.08. The molecule has 1 amide bonds. The fraction of sp³-hybridized carbons (Fsp3) is 0.200. The molecule has 0 bridgehead atoms. The van der Waals surface area contributed by atoms with Crippen LogP contribution in [0.4, 0.5) is 5.69 Å². The van der Waals surface area contributed by atoms with E-state index >= 15 is 0 Å². The summed E-state index contributed by atoms with van der Waals surface area (Å²) in [6.07, 6.45) is 0.945. The fourth-order valence-corrected chi connectivity index (χ4v) is 1.98. The van der Waals surface area contributed by atoms with Crippen LogP contribution in [0, 0.1) is 0 Å². The number of rotatable bonds is 4. The first-order valence-corrected chi connectivity index (χ1v) is 7.42. The Morgan fingerprint density at radius 2 is 2.16 bits per heavy atom. The Balaban J connectivity index is 2.98. The van der Waals surface area contributed by atoms with Crippen molar-refractivity contribution in [1.82, 2.24) is 0 Å². The average molecular weight is 306 g/mol. The second-order valence-corrected chi connectivity index (χ2v) is 6.35. The molecule has 0 radical (unpaired) electrons. The SMILES string of the molecule is CS(=O)(=O)CC(=O)Nc1cc(C(N)=NO)ccc1Cl. The van der Waals surface area contributed by atoms with E-state index in [1.165, 1.54) is 18.2 Å². The van der Waals surface area contributed by atoms with Crippen LogP contribution >= 0.6 is 11.6 Å². The molecular formula is C10H12ClN3O4S. The highest BCUT2D eigenvalue weighted by molar-refractivity contribution is 7.91. The lowest BCUT2D eigenvalue weighted by Crippen LogP contribution is -2.22. The molecule has 0 aliphatic rings. The van der Waals surface area contributed by atoms with Crippen LogP contribution in [0.5, 0.6) is 0 Å². The summed E-state index contributed by atoms with van der Waals surface area (Å²) in [5.74, 6) is -1.53. The van der Waals surface area contributed by atoms with Crippen LogP contribution in [0.15, 0.2) is 23.4 Å². The topological polar surface area (TPSA) is 122 Å². The highest BCUT2D eigenvalue weighted by atomic mass is 35.5. The Hall–Kier alpha value is -1.80. The number of hydrogen-bond acceptors (Lipinski definition) is 5. The Kier molecular flexibility index (Phi) is 4.73. The smallest absolute Gasteiger partial charge is 0.239 e. The van der Waals surface area contributed by atoms with Crippen LogP contribution in [-0.4, -0.2) is 37.4 Å². The minimum absolute atomic E-state index is 0.157. The van der Waals surface area contributed by atoms with Gasteiger partial charge in [-0.2, -0.15) is 0 Å². The molecule has 9 heteroatoms. The Labute approximate surface area is 115 Å². The first-order valence-electron chi connectivity index (χ1n) is 4.98. The van der Waals surface area contributed by atoms with E-state index in [1.807, 2.05) is 0 Å². The van der Waals surface area contributed by atoms with Crippen LogP contribution in [0.2, 0.25) is 5.02 Å². The van der Waals surface area contributed by atoms with E-state index in [9.17, 15) is 13.2 Å². The van der Waals surface area contributed by atoms with Crippen molar-refractivity contribution in [3.05, 3.63) is 28.8 Å². The third-order valence-electron chi connectivity index (χ3n) is 2.04. The third kappa shape index (κ3) is 4.76. The number of amidine groups is 1. The van der Waals surface area contributed by atoms with Crippen LogP contribution in [0.3, 0.4) is 0 Å². The number of nitrogens with zero attached hydrogens (tertiary/aromatic N) is 1. The summed E-state index contributed by atoms with van der Waals surface area (Å²) in [7, 11) is -3.43. The molecule has 1 aromatic rings. The van der Waals surface area contributed by atoms with Gasteiger partial charge >= 0.3 is 0 Å². The number of nitrogens with one attached hydrogen (secondary N) is 1. The second-order valence-electron chi connectivity index (χ2n) is 3.80. The van der Waals surface area contributed by atoms with Gasteiger partial charge in [-0.15, -0.1) is 0 Å². The van der Waals surface area contributed by atoms with Gasteiger partial charge in [-0.25, -0.2) is 8.42 Å². The standard InChI is InChI=1S/C10H12ClN3O4S/c1-19(17,18)5-9(15)13-8-4-6(10(12)14-16)2-3-7(8)11/h2-4,16H,5H2,1H3,(H2,12,14)(H,13,15). The molecule has 0 aliphatic heterocycles. The Morgan fingerprint density at radius 3 is 2.68 bits per heavy atom. The summed E-state index contributed by atoms with van der Waals surface area (Å²) >= 11 is 5.85. The Morgan fingerprint density at radius 1 is 1.53 bits per heavy atom. The van der Waals surface area contributed by atoms with E-state index in [4.69, 9.17) is 22.5 Å². The predicted molar refractivity (Wildman–Crippen MR) is 72.3 cm³/mol. The minimum Gasteiger partial charge on any atom is -0.409 e. The number of sulfone groups is 1. The number of halogens is 1. The zero-order valence-corrected chi connectivity index (χ0v) is 11.5. The maximum Gasteiger partial charge on any atom is 0.239 e. The van der Waals surface area contributed by atoms with Gasteiger partial charge in [-0.05, 0) is 18.2 Å². The summed E-state index contributed by atoms with van der Waals surface area (Å²) < 4.78 is 21.9. The number of hydrogen-bond donors (Lipinski definition) is 3. The highest BCUT2D eigenvalue weighted by Crippen LogP contribution is 2.23. The molecule has 0 fully saturated rings. The number of nitrogens with two attached hydrogens (primary N) is 1. The lowest BCUT2D eigenvalue weighted by atomic mass is 10.2. The van der Waals surface area contributed by atoms with E-state index < -0.39 is 21.5 Å². The monoisotopic (exact) mass is 305 g/mol. The summed E-state index contributed by atoms with van der Waals surface area (Å²) in [6, 6.07) is 4.30. The maximum absolute atomic E-state index is 11.5. The van der Waals surface area contributed by atoms with Gasteiger partial charge in [0.25, 0.3) is 0 Å². The number of benzene rings is 1. The maximum atomic E-state index is 11.5. The molecule has 1 rings (SSSR count). The highest BCUT2D eigenvalue weighted by Gasteiger charge is 2.13. The van der Waals surface area contributed by atoms with Gasteiger partial charge in [-0.1, -0.05) is 16.8 Å². The van der Waals surface area contributed by atoms with Crippen LogP contribution < -0.4 is 11.1 Å². The molecule has 0 unspecified atom stereocenters. The molecule has 0 atom stereocenters. The van der Waals surface area contributed by atoms with E-state index in [1.54, 1.807) is 0 Å². The first kappa shape index (κ1) is 15.3. The lowest BCUT2D eigenvalue weighted by molar-refractivity contribution is -0.113. The Bertz CT molecular complexity index is 628. The van der Waals surface area contributed by atoms with Gasteiger partial charge in [0.2, 0.25) is 5.91 Å². The van der Waals surface area contributed by atoms with E-state index in [0.717, 1.165) is 6.26 Å². The van der Waals surface area contributed by atoms with Crippen LogP contribution in [0.1, 0.15) is 5.56 Å². The van der Waals surface area contributed by atoms with Gasteiger partial charge in [0.1, 0.15) is 5.75 Å². The van der Waals surface area contributed by atoms with Crippen molar-refractivity contribution in [3.8, 4) is 0 Å². The van der Waals surface area contributed by atoms with Crippen molar-refractivity contribution < 1.29 is 18.4 Å². The van der Waals surface area contributed by atoms with Crippen molar-refractivity contribution in [2.45, 2.75) is 0 Å². The molecule has 7 nitrogen and oxygen atoms in total. The molecule has 0 aromatic heterocycles. The number of carbonyl (C=O) groups excluding carboxylic acids is 1. The van der Waals surface area contributed by atoms with Crippen molar-refractivity contribution in [1.29, 1.82) is 0 Å². The molecule has 0 aliphatic carbocycles. The first-order chi connectivity index (χ1) is 8.73. The number of amides is 1. The minimum atomic E-state index is -3.43. The third-order valence-corrected chi connectivity index (χ3v) is 3.15. The predicted octanol–water partition coefficient (Wildman–Crippen LogP) is 0.418. The van der Waals surface area contributed by atoms with Crippen LogP contribution in [-0.2, 0) is 14.6 Å². The van der Waals surface area contributed by atoms with Crippen molar-refractivity contribution >= 4 is 38.9 Å². The largest absolute Gasteiger partial charge is 0.409 e. The average Bonchev–Trinajstić information content (AvgIpc) is 2.28. The molecule has 104 valence electrons. The van der Waals surface area contributed by atoms with Gasteiger partial charge in [-0.3, -0.25) is 4.79 Å². The zero-order valence-electron chi connectivity index (χ0n) is 9.92. The molecule has 0 saturated carbocycles. The van der Waals surface area contributed by atoms with Crippen molar-refractivity contribution in [2.75, 3.05) is 17.3 Å². The van der Waals surface area contributed by atoms with E-state index in [-0.39, 0.29) is 16.5 Å². The van der Waals surface area contributed by atoms with Gasteiger partial charge in [0.15, 0.2) is 15.7 Å². The molecule has 19 heavy (non-hydrogen) atoms. The summed E-state index contributed by atoms with van der Waals surface area (Å²) in [6.45, 7) is 0. The summed E-state index contributed by atoms with van der Waals surface area (Å²) in [5.41, 5.74) is 5.91. The molecular weight excluding hydrogens is 294 g/mol. The van der Waals surface area contributed by atoms with Gasteiger partial charge in [0, 0.05) is 11.8 Å². The van der Waals surface area contributed by atoms with Gasteiger partial charge < -0.3 is 16.3 Å².